The van der Waals surface area contributed by atoms with E-state index in [9.17, 15) is 17.6 Å². The fourth-order valence-electron chi connectivity index (χ4n) is 6.73. The molecular weight excluding hydrogens is 480 g/mol. The highest BCUT2D eigenvalue weighted by molar-refractivity contribution is 5.28. The first kappa shape index (κ1) is 28.4. The summed E-state index contributed by atoms with van der Waals surface area (Å²) in [6.45, 7) is 3.50. The SMILES string of the molecule is C/C=C/C1CCC(C2CCC(C3COC(CCc4cc(F)c(C/C=C/C(F)F)c(F)c4)OC3)CC2)CC1. The Kier molecular flexibility index (Phi) is 10.7. The van der Waals surface area contributed by atoms with Gasteiger partial charge in [-0.1, -0.05) is 18.2 Å². The highest BCUT2D eigenvalue weighted by atomic mass is 19.3. The molecule has 1 aromatic carbocycles. The van der Waals surface area contributed by atoms with Gasteiger partial charge >= 0.3 is 0 Å². The molecule has 1 saturated heterocycles. The number of ether oxygens (including phenoxy) is 2. The van der Waals surface area contributed by atoms with E-state index < -0.39 is 18.1 Å². The molecule has 206 valence electrons. The summed E-state index contributed by atoms with van der Waals surface area (Å²) in [6.07, 6.45) is 14.7. The van der Waals surface area contributed by atoms with Crippen molar-refractivity contribution in [2.45, 2.75) is 90.3 Å². The molecule has 1 heterocycles. The van der Waals surface area contributed by atoms with E-state index in [4.69, 9.17) is 9.47 Å². The summed E-state index contributed by atoms with van der Waals surface area (Å²) in [7, 11) is 0. The number of alkyl halides is 2. The summed E-state index contributed by atoms with van der Waals surface area (Å²) in [5.74, 6) is 2.25. The molecule has 1 aromatic rings. The van der Waals surface area contributed by atoms with Crippen LogP contribution in [0, 0.1) is 41.2 Å². The Balaban J connectivity index is 1.16. The molecule has 1 aliphatic heterocycles. The number of benzene rings is 1. The Morgan fingerprint density at radius 3 is 1.92 bits per heavy atom. The maximum Gasteiger partial charge on any atom is 0.257 e. The maximum absolute atomic E-state index is 14.3. The van der Waals surface area contributed by atoms with Gasteiger partial charge in [-0.3, -0.25) is 0 Å². The van der Waals surface area contributed by atoms with Crippen LogP contribution in [0.25, 0.3) is 0 Å². The number of rotatable bonds is 9. The molecule has 2 nitrogen and oxygen atoms in total. The molecule has 6 heteroatoms. The molecule has 2 saturated carbocycles. The van der Waals surface area contributed by atoms with Crippen LogP contribution in [0.15, 0.2) is 36.4 Å². The number of hydrogen-bond donors (Lipinski definition) is 0. The smallest absolute Gasteiger partial charge is 0.257 e. The average molecular weight is 523 g/mol. The van der Waals surface area contributed by atoms with Crippen LogP contribution in [0.1, 0.15) is 75.8 Å². The zero-order valence-corrected chi connectivity index (χ0v) is 22.0. The third kappa shape index (κ3) is 8.16. The normalized spacial score (nSPS) is 31.5. The molecule has 3 fully saturated rings. The fourth-order valence-corrected chi connectivity index (χ4v) is 6.73. The molecule has 4 rings (SSSR count). The molecule has 2 aliphatic carbocycles. The Hall–Kier alpha value is -1.66. The minimum Gasteiger partial charge on any atom is -0.352 e. The first-order valence-electron chi connectivity index (χ1n) is 14.2. The third-order valence-corrected chi connectivity index (χ3v) is 8.90. The highest BCUT2D eigenvalue weighted by Gasteiger charge is 2.35. The summed E-state index contributed by atoms with van der Waals surface area (Å²) in [5.41, 5.74) is 0.327. The van der Waals surface area contributed by atoms with Crippen molar-refractivity contribution < 1.29 is 27.0 Å². The van der Waals surface area contributed by atoms with Crippen LogP contribution in [0.2, 0.25) is 0 Å². The molecular formula is C31H42F4O2. The summed E-state index contributed by atoms with van der Waals surface area (Å²) in [6, 6.07) is 2.57. The van der Waals surface area contributed by atoms with Gasteiger partial charge < -0.3 is 9.47 Å². The van der Waals surface area contributed by atoms with E-state index in [1.807, 2.05) is 0 Å². The van der Waals surface area contributed by atoms with Gasteiger partial charge in [-0.2, -0.15) is 0 Å². The van der Waals surface area contributed by atoms with Crippen LogP contribution in [-0.4, -0.2) is 25.9 Å². The van der Waals surface area contributed by atoms with Gasteiger partial charge in [0.05, 0.1) is 13.2 Å². The lowest BCUT2D eigenvalue weighted by Crippen LogP contribution is -2.38. The second-order valence-electron chi connectivity index (χ2n) is 11.3. The van der Waals surface area contributed by atoms with Crippen molar-refractivity contribution in [2.75, 3.05) is 13.2 Å². The van der Waals surface area contributed by atoms with E-state index in [1.54, 1.807) is 0 Å². The van der Waals surface area contributed by atoms with Crippen molar-refractivity contribution in [3.8, 4) is 0 Å². The predicted octanol–water partition coefficient (Wildman–Crippen LogP) is 8.44. The van der Waals surface area contributed by atoms with Crippen LogP contribution in [0.3, 0.4) is 0 Å². The quantitative estimate of drug-likeness (QED) is 0.239. The first-order chi connectivity index (χ1) is 17.9. The monoisotopic (exact) mass is 522 g/mol. The van der Waals surface area contributed by atoms with Gasteiger partial charge in [-0.25, -0.2) is 17.6 Å². The van der Waals surface area contributed by atoms with Gasteiger partial charge in [0.2, 0.25) is 0 Å². The van der Waals surface area contributed by atoms with Gasteiger partial charge in [0.25, 0.3) is 6.43 Å². The van der Waals surface area contributed by atoms with Crippen LogP contribution < -0.4 is 0 Å². The molecule has 0 radical (unpaired) electrons. The zero-order valence-electron chi connectivity index (χ0n) is 22.0. The van der Waals surface area contributed by atoms with Crippen molar-refractivity contribution in [3.63, 3.8) is 0 Å². The first-order valence-corrected chi connectivity index (χ1v) is 14.2. The highest BCUT2D eigenvalue weighted by Crippen LogP contribution is 2.43. The van der Waals surface area contributed by atoms with E-state index in [2.05, 4.69) is 19.1 Å². The van der Waals surface area contributed by atoms with E-state index in [0.717, 1.165) is 23.8 Å². The lowest BCUT2D eigenvalue weighted by Gasteiger charge is -2.41. The number of hydrogen-bond acceptors (Lipinski definition) is 2. The maximum atomic E-state index is 14.3. The molecule has 3 aliphatic rings. The summed E-state index contributed by atoms with van der Waals surface area (Å²) in [4.78, 5) is 0. The Morgan fingerprint density at radius 2 is 1.38 bits per heavy atom. The standard InChI is InChI=1S/C31H42F4O2/c1-2-4-21-7-10-23(11-8-21)24-12-14-25(15-13-24)26-19-36-31(37-20-26)16-9-22-17-28(32)27(29(33)18-22)5-3-6-30(34)35/h2-4,6,17-18,21,23-26,30-31H,5,7-16,19-20H2,1H3/b4-2+,6-3+. The summed E-state index contributed by atoms with van der Waals surface area (Å²) < 4.78 is 65.1. The van der Waals surface area contributed by atoms with Gasteiger partial charge in [0.1, 0.15) is 11.6 Å². The minimum absolute atomic E-state index is 0.190. The molecule has 0 unspecified atom stereocenters. The lowest BCUT2D eigenvalue weighted by atomic mass is 9.67. The Morgan fingerprint density at radius 1 is 0.838 bits per heavy atom. The molecule has 37 heavy (non-hydrogen) atoms. The van der Waals surface area contributed by atoms with Crippen molar-refractivity contribution in [1.29, 1.82) is 0 Å². The van der Waals surface area contributed by atoms with Gasteiger partial charge in [-0.15, -0.1) is 0 Å². The summed E-state index contributed by atoms with van der Waals surface area (Å²) in [5, 5.41) is 0. The third-order valence-electron chi connectivity index (χ3n) is 8.90. The van der Waals surface area contributed by atoms with E-state index in [-0.39, 0.29) is 18.3 Å². The van der Waals surface area contributed by atoms with Crippen molar-refractivity contribution in [1.82, 2.24) is 0 Å². The molecule has 0 aromatic heterocycles. The van der Waals surface area contributed by atoms with Gasteiger partial charge in [0, 0.05) is 17.9 Å². The zero-order chi connectivity index (χ0) is 26.2. The molecule has 0 bridgehead atoms. The number of halogens is 4. The van der Waals surface area contributed by atoms with Crippen LogP contribution >= 0.6 is 0 Å². The van der Waals surface area contributed by atoms with E-state index in [0.29, 0.717) is 49.5 Å². The Bertz CT molecular complexity index is 867. The van der Waals surface area contributed by atoms with Crippen molar-refractivity contribution >= 4 is 0 Å². The molecule has 0 spiro atoms. The summed E-state index contributed by atoms with van der Waals surface area (Å²) >= 11 is 0. The van der Waals surface area contributed by atoms with Crippen molar-refractivity contribution in [3.05, 3.63) is 59.2 Å². The van der Waals surface area contributed by atoms with Gasteiger partial charge in [-0.05, 0) is 119 Å². The largest absolute Gasteiger partial charge is 0.352 e. The van der Waals surface area contributed by atoms with Crippen molar-refractivity contribution in [2.24, 2.45) is 29.6 Å². The van der Waals surface area contributed by atoms with E-state index >= 15 is 0 Å². The number of aryl methyl sites for hydroxylation is 1. The van der Waals surface area contributed by atoms with Crippen LogP contribution in [-0.2, 0) is 22.3 Å². The average Bonchev–Trinajstić information content (AvgIpc) is 2.90. The van der Waals surface area contributed by atoms with Crippen LogP contribution in [0.4, 0.5) is 17.6 Å². The van der Waals surface area contributed by atoms with Gasteiger partial charge in [0.15, 0.2) is 6.29 Å². The molecule has 0 amide bonds. The predicted molar refractivity (Wildman–Crippen MR) is 138 cm³/mol. The van der Waals surface area contributed by atoms with Crippen LogP contribution in [0.5, 0.6) is 0 Å². The second-order valence-corrected chi connectivity index (χ2v) is 11.3. The fraction of sp³-hybridized carbons (Fsp3) is 0.677. The second kappa shape index (κ2) is 13.9. The molecule has 0 atom stereocenters. The minimum atomic E-state index is -2.63. The lowest BCUT2D eigenvalue weighted by molar-refractivity contribution is -0.212. The molecule has 0 N–H and O–H groups in total. The Labute approximate surface area is 219 Å². The van der Waals surface area contributed by atoms with E-state index in [1.165, 1.54) is 63.5 Å². The number of allylic oxidation sites excluding steroid dienone is 4. The topological polar surface area (TPSA) is 18.5 Å².